The molecule has 0 saturated heterocycles. The molecule has 4 heteroatoms. The maximum atomic E-state index is 4.45. The standard InChI is InChI=1S/C17H22N4/c1-13-10-14(11-19-15-3-4-15)2-5-16(13)21-9-8-20-7-6-18-17(20)12-21/h2,5-7,10,15,19H,3-4,8-9,11-12H2,1H3. The number of rotatable bonds is 4. The van der Waals surface area contributed by atoms with Gasteiger partial charge < -0.3 is 14.8 Å². The minimum atomic E-state index is 0.769. The van der Waals surface area contributed by atoms with E-state index in [-0.39, 0.29) is 0 Å². The fraction of sp³-hybridized carbons (Fsp3) is 0.471. The summed E-state index contributed by atoms with van der Waals surface area (Å²) in [5.74, 6) is 1.17. The zero-order valence-corrected chi connectivity index (χ0v) is 12.5. The van der Waals surface area contributed by atoms with E-state index in [0.29, 0.717) is 0 Å². The first kappa shape index (κ1) is 12.9. The number of hydrogen-bond acceptors (Lipinski definition) is 3. The number of aryl methyl sites for hydroxylation is 1. The highest BCUT2D eigenvalue weighted by molar-refractivity contribution is 5.54. The number of fused-ring (bicyclic) bond motifs is 1. The zero-order chi connectivity index (χ0) is 14.2. The number of anilines is 1. The summed E-state index contributed by atoms with van der Waals surface area (Å²) < 4.78 is 2.25. The molecule has 1 aliphatic heterocycles. The first-order chi connectivity index (χ1) is 10.3. The lowest BCUT2D eigenvalue weighted by Gasteiger charge is -2.31. The predicted octanol–water partition coefficient (Wildman–Crippen LogP) is 2.46. The lowest BCUT2D eigenvalue weighted by Crippen LogP contribution is -2.34. The van der Waals surface area contributed by atoms with Gasteiger partial charge in [-0.05, 0) is 37.0 Å². The molecule has 0 unspecified atom stereocenters. The third-order valence-corrected chi connectivity index (χ3v) is 4.52. The third kappa shape index (κ3) is 2.68. The molecular formula is C17H22N4. The number of imidazole rings is 1. The van der Waals surface area contributed by atoms with Crippen LogP contribution in [0.3, 0.4) is 0 Å². The summed E-state index contributed by atoms with van der Waals surface area (Å²) in [6, 6.07) is 7.63. The minimum Gasteiger partial charge on any atom is -0.362 e. The molecule has 2 aromatic rings. The average Bonchev–Trinajstić information content (AvgIpc) is 3.21. The highest BCUT2D eigenvalue weighted by atomic mass is 15.2. The molecule has 1 fully saturated rings. The summed E-state index contributed by atoms with van der Waals surface area (Å²) in [5.41, 5.74) is 4.10. The Hall–Kier alpha value is -1.81. The van der Waals surface area contributed by atoms with E-state index in [1.54, 1.807) is 0 Å². The molecule has 4 rings (SSSR count). The van der Waals surface area contributed by atoms with Crippen molar-refractivity contribution in [2.75, 3.05) is 11.4 Å². The van der Waals surface area contributed by atoms with E-state index in [1.165, 1.54) is 35.5 Å². The Morgan fingerprint density at radius 1 is 1.29 bits per heavy atom. The van der Waals surface area contributed by atoms with Gasteiger partial charge in [0.25, 0.3) is 0 Å². The molecular weight excluding hydrogens is 260 g/mol. The summed E-state index contributed by atoms with van der Waals surface area (Å²) in [6.45, 7) is 6.21. The van der Waals surface area contributed by atoms with Gasteiger partial charge in [-0.25, -0.2) is 4.98 Å². The molecule has 1 aliphatic carbocycles. The second-order valence-corrected chi connectivity index (χ2v) is 6.23. The molecule has 2 heterocycles. The van der Waals surface area contributed by atoms with Crippen LogP contribution in [0.2, 0.25) is 0 Å². The zero-order valence-electron chi connectivity index (χ0n) is 12.5. The summed E-state index contributed by atoms with van der Waals surface area (Å²) >= 11 is 0. The van der Waals surface area contributed by atoms with Gasteiger partial charge in [-0.15, -0.1) is 0 Å². The highest BCUT2D eigenvalue weighted by Gasteiger charge is 2.21. The maximum absolute atomic E-state index is 4.45. The van der Waals surface area contributed by atoms with Crippen molar-refractivity contribution in [3.63, 3.8) is 0 Å². The van der Waals surface area contributed by atoms with Gasteiger partial charge in [0, 0.05) is 43.8 Å². The van der Waals surface area contributed by atoms with Crippen molar-refractivity contribution >= 4 is 5.69 Å². The van der Waals surface area contributed by atoms with E-state index in [1.807, 2.05) is 6.20 Å². The van der Waals surface area contributed by atoms with Gasteiger partial charge in [0.15, 0.2) is 0 Å². The van der Waals surface area contributed by atoms with E-state index in [2.05, 4.69) is 51.1 Å². The number of aromatic nitrogens is 2. The van der Waals surface area contributed by atoms with E-state index in [9.17, 15) is 0 Å². The Kier molecular flexibility index (Phi) is 3.19. The van der Waals surface area contributed by atoms with Crippen molar-refractivity contribution in [2.24, 2.45) is 0 Å². The van der Waals surface area contributed by atoms with Gasteiger partial charge in [0.1, 0.15) is 5.82 Å². The molecule has 1 N–H and O–H groups in total. The Labute approximate surface area is 125 Å². The van der Waals surface area contributed by atoms with Crippen LogP contribution in [0.5, 0.6) is 0 Å². The molecule has 0 radical (unpaired) electrons. The van der Waals surface area contributed by atoms with Crippen molar-refractivity contribution in [3.05, 3.63) is 47.5 Å². The maximum Gasteiger partial charge on any atom is 0.128 e. The molecule has 1 aromatic carbocycles. The quantitative estimate of drug-likeness (QED) is 0.935. The fourth-order valence-electron chi connectivity index (χ4n) is 3.11. The van der Waals surface area contributed by atoms with Gasteiger partial charge in [-0.3, -0.25) is 0 Å². The summed E-state index contributed by atoms with van der Waals surface area (Å²) in [6.07, 6.45) is 6.67. The van der Waals surface area contributed by atoms with Crippen molar-refractivity contribution in [1.82, 2.24) is 14.9 Å². The van der Waals surface area contributed by atoms with Gasteiger partial charge in [-0.2, -0.15) is 0 Å². The second-order valence-electron chi connectivity index (χ2n) is 6.23. The first-order valence-electron chi connectivity index (χ1n) is 7.87. The van der Waals surface area contributed by atoms with Gasteiger partial charge >= 0.3 is 0 Å². The van der Waals surface area contributed by atoms with E-state index >= 15 is 0 Å². The fourth-order valence-corrected chi connectivity index (χ4v) is 3.11. The number of benzene rings is 1. The van der Waals surface area contributed by atoms with Crippen LogP contribution in [-0.2, 0) is 19.6 Å². The van der Waals surface area contributed by atoms with Crippen molar-refractivity contribution < 1.29 is 0 Å². The molecule has 21 heavy (non-hydrogen) atoms. The van der Waals surface area contributed by atoms with Crippen LogP contribution in [0.25, 0.3) is 0 Å². The second kappa shape index (κ2) is 5.19. The Morgan fingerprint density at radius 2 is 2.19 bits per heavy atom. The van der Waals surface area contributed by atoms with Crippen LogP contribution in [-0.4, -0.2) is 22.1 Å². The first-order valence-corrected chi connectivity index (χ1v) is 7.87. The number of hydrogen-bond donors (Lipinski definition) is 1. The topological polar surface area (TPSA) is 33.1 Å². The van der Waals surface area contributed by atoms with E-state index < -0.39 is 0 Å². The molecule has 2 aliphatic rings. The van der Waals surface area contributed by atoms with E-state index in [4.69, 9.17) is 0 Å². The Balaban J connectivity index is 1.49. The molecule has 0 spiro atoms. The summed E-state index contributed by atoms with van der Waals surface area (Å²) in [5, 5.41) is 3.58. The van der Waals surface area contributed by atoms with Crippen molar-refractivity contribution in [1.29, 1.82) is 0 Å². The third-order valence-electron chi connectivity index (χ3n) is 4.52. The number of nitrogens with zero attached hydrogens (tertiary/aromatic N) is 3. The Bertz CT molecular complexity index is 642. The van der Waals surface area contributed by atoms with Crippen LogP contribution in [0.4, 0.5) is 5.69 Å². The lowest BCUT2D eigenvalue weighted by molar-refractivity contribution is 0.559. The van der Waals surface area contributed by atoms with E-state index in [0.717, 1.165) is 32.2 Å². The summed E-state index contributed by atoms with van der Waals surface area (Å²) in [4.78, 5) is 6.89. The average molecular weight is 282 g/mol. The molecule has 110 valence electrons. The Morgan fingerprint density at radius 3 is 3.00 bits per heavy atom. The van der Waals surface area contributed by atoms with Crippen LogP contribution in [0.15, 0.2) is 30.6 Å². The normalized spacial score (nSPS) is 17.9. The SMILES string of the molecule is Cc1cc(CNC2CC2)ccc1N1CCn2ccnc2C1. The largest absolute Gasteiger partial charge is 0.362 e. The van der Waals surface area contributed by atoms with Crippen LogP contribution in [0.1, 0.15) is 29.8 Å². The molecule has 4 nitrogen and oxygen atoms in total. The summed E-state index contributed by atoms with van der Waals surface area (Å²) in [7, 11) is 0. The highest BCUT2D eigenvalue weighted by Crippen LogP contribution is 2.26. The smallest absolute Gasteiger partial charge is 0.128 e. The number of nitrogens with one attached hydrogen (secondary N) is 1. The minimum absolute atomic E-state index is 0.769. The molecule has 0 atom stereocenters. The molecule has 0 amide bonds. The lowest BCUT2D eigenvalue weighted by atomic mass is 10.1. The van der Waals surface area contributed by atoms with Crippen LogP contribution in [0, 0.1) is 6.92 Å². The van der Waals surface area contributed by atoms with Gasteiger partial charge in [-0.1, -0.05) is 12.1 Å². The van der Waals surface area contributed by atoms with Crippen molar-refractivity contribution in [3.8, 4) is 0 Å². The monoisotopic (exact) mass is 282 g/mol. The molecule has 1 saturated carbocycles. The van der Waals surface area contributed by atoms with Gasteiger partial charge in [0.05, 0.1) is 6.54 Å². The predicted molar refractivity (Wildman–Crippen MR) is 84.3 cm³/mol. The van der Waals surface area contributed by atoms with Crippen molar-refractivity contribution in [2.45, 2.75) is 45.4 Å². The van der Waals surface area contributed by atoms with Gasteiger partial charge in [0.2, 0.25) is 0 Å². The molecule has 1 aromatic heterocycles. The van der Waals surface area contributed by atoms with Crippen LogP contribution < -0.4 is 10.2 Å². The molecule has 0 bridgehead atoms. The van der Waals surface area contributed by atoms with Crippen LogP contribution >= 0.6 is 0 Å².